The SMILES string of the molecule is Cc1cnc(Nc2cccc(CC3CCN(C(=O)c4ccccc4F)CC3)n2)s1. The summed E-state index contributed by atoms with van der Waals surface area (Å²) in [5, 5.41) is 4.10. The molecule has 0 aliphatic carbocycles. The number of nitrogens with one attached hydrogen (secondary N) is 1. The van der Waals surface area contributed by atoms with Gasteiger partial charge in [-0.3, -0.25) is 4.79 Å². The number of halogens is 1. The predicted octanol–water partition coefficient (Wildman–Crippen LogP) is 4.82. The number of pyridine rings is 1. The van der Waals surface area contributed by atoms with E-state index in [4.69, 9.17) is 4.98 Å². The first-order chi connectivity index (χ1) is 14.1. The highest BCUT2D eigenvalue weighted by atomic mass is 32.1. The number of amides is 1. The Morgan fingerprint density at radius 1 is 1.21 bits per heavy atom. The minimum atomic E-state index is -0.455. The zero-order valence-corrected chi connectivity index (χ0v) is 17.1. The summed E-state index contributed by atoms with van der Waals surface area (Å²) < 4.78 is 13.9. The van der Waals surface area contributed by atoms with E-state index in [-0.39, 0.29) is 11.5 Å². The maximum atomic E-state index is 13.9. The molecule has 0 atom stereocenters. The summed E-state index contributed by atoms with van der Waals surface area (Å²) in [6.07, 6.45) is 4.50. The number of carbonyl (C=O) groups excluding carboxylic acids is 1. The molecular formula is C22H23FN4OS. The Labute approximate surface area is 173 Å². The molecule has 3 heterocycles. The lowest BCUT2D eigenvalue weighted by molar-refractivity contribution is 0.0685. The fraction of sp³-hybridized carbons (Fsp3) is 0.318. The van der Waals surface area contributed by atoms with E-state index in [1.54, 1.807) is 34.4 Å². The Morgan fingerprint density at radius 3 is 2.72 bits per heavy atom. The molecule has 0 spiro atoms. The van der Waals surface area contributed by atoms with Crippen LogP contribution in [0.5, 0.6) is 0 Å². The van der Waals surface area contributed by atoms with Crippen LogP contribution in [0.2, 0.25) is 0 Å². The first-order valence-corrected chi connectivity index (χ1v) is 10.6. The van der Waals surface area contributed by atoms with E-state index < -0.39 is 5.82 Å². The van der Waals surface area contributed by atoms with Crippen molar-refractivity contribution in [2.24, 2.45) is 5.92 Å². The van der Waals surface area contributed by atoms with Gasteiger partial charge in [0, 0.05) is 29.9 Å². The smallest absolute Gasteiger partial charge is 0.256 e. The minimum Gasteiger partial charge on any atom is -0.339 e. The van der Waals surface area contributed by atoms with E-state index in [0.717, 1.165) is 40.8 Å². The van der Waals surface area contributed by atoms with Crippen molar-refractivity contribution in [2.75, 3.05) is 18.4 Å². The van der Waals surface area contributed by atoms with Crippen LogP contribution in [0.4, 0.5) is 15.3 Å². The third-order valence-electron chi connectivity index (χ3n) is 5.17. The topological polar surface area (TPSA) is 58.1 Å². The van der Waals surface area contributed by atoms with E-state index in [2.05, 4.69) is 10.3 Å². The second-order valence-electron chi connectivity index (χ2n) is 7.33. The van der Waals surface area contributed by atoms with Crippen molar-refractivity contribution in [3.05, 3.63) is 70.6 Å². The van der Waals surface area contributed by atoms with Gasteiger partial charge in [0.25, 0.3) is 5.91 Å². The highest BCUT2D eigenvalue weighted by Crippen LogP contribution is 2.25. The van der Waals surface area contributed by atoms with Crippen molar-refractivity contribution in [1.29, 1.82) is 0 Å². The fourth-order valence-corrected chi connectivity index (χ4v) is 4.30. The number of hydrogen-bond acceptors (Lipinski definition) is 5. The van der Waals surface area contributed by atoms with Crippen molar-refractivity contribution >= 4 is 28.2 Å². The summed E-state index contributed by atoms with van der Waals surface area (Å²) >= 11 is 1.60. The molecule has 1 aliphatic heterocycles. The number of rotatable bonds is 5. The fourth-order valence-electron chi connectivity index (χ4n) is 3.63. The van der Waals surface area contributed by atoms with Crippen LogP contribution in [0.25, 0.3) is 0 Å². The summed E-state index contributed by atoms with van der Waals surface area (Å²) in [6.45, 7) is 3.32. The third-order valence-corrected chi connectivity index (χ3v) is 6.00. The summed E-state index contributed by atoms with van der Waals surface area (Å²) in [5.41, 5.74) is 1.19. The molecule has 0 saturated carbocycles. The molecule has 5 nitrogen and oxygen atoms in total. The molecule has 0 radical (unpaired) electrons. The molecule has 1 aliphatic rings. The van der Waals surface area contributed by atoms with E-state index in [1.807, 2.05) is 31.3 Å². The maximum Gasteiger partial charge on any atom is 0.256 e. The Bertz CT molecular complexity index is 998. The van der Waals surface area contributed by atoms with Crippen molar-refractivity contribution < 1.29 is 9.18 Å². The number of piperidine rings is 1. The normalized spacial score (nSPS) is 14.8. The van der Waals surface area contributed by atoms with Gasteiger partial charge in [0.05, 0.1) is 5.56 Å². The molecule has 1 N–H and O–H groups in total. The van der Waals surface area contributed by atoms with Crippen LogP contribution < -0.4 is 5.32 Å². The number of thiazole rings is 1. The monoisotopic (exact) mass is 410 g/mol. The highest BCUT2D eigenvalue weighted by molar-refractivity contribution is 7.15. The molecule has 4 rings (SSSR count). The van der Waals surface area contributed by atoms with Gasteiger partial charge in [-0.2, -0.15) is 0 Å². The molecule has 1 fully saturated rings. The molecule has 0 bridgehead atoms. The second kappa shape index (κ2) is 8.69. The standard InChI is InChI=1S/C22H23FN4OS/c1-15-14-24-22(29-15)26-20-8-4-5-17(25-20)13-16-9-11-27(12-10-16)21(28)18-6-2-3-7-19(18)23/h2-8,14,16H,9-13H2,1H3,(H,24,25,26). The van der Waals surface area contributed by atoms with E-state index in [9.17, 15) is 9.18 Å². The Morgan fingerprint density at radius 2 is 2.00 bits per heavy atom. The van der Waals surface area contributed by atoms with Gasteiger partial charge in [-0.1, -0.05) is 18.2 Å². The lowest BCUT2D eigenvalue weighted by Crippen LogP contribution is -2.39. The van der Waals surface area contributed by atoms with Gasteiger partial charge in [0.15, 0.2) is 5.13 Å². The lowest BCUT2D eigenvalue weighted by Gasteiger charge is -2.32. The lowest BCUT2D eigenvalue weighted by atomic mass is 9.91. The zero-order valence-electron chi connectivity index (χ0n) is 16.3. The molecule has 150 valence electrons. The molecule has 0 unspecified atom stereocenters. The van der Waals surface area contributed by atoms with Crippen LogP contribution in [0, 0.1) is 18.7 Å². The molecule has 29 heavy (non-hydrogen) atoms. The largest absolute Gasteiger partial charge is 0.339 e. The Kier molecular flexibility index (Phi) is 5.85. The molecule has 1 saturated heterocycles. The van der Waals surface area contributed by atoms with E-state index in [0.29, 0.717) is 19.0 Å². The number of likely N-dealkylation sites (tertiary alicyclic amines) is 1. The van der Waals surface area contributed by atoms with Gasteiger partial charge in [0.2, 0.25) is 0 Å². The van der Waals surface area contributed by atoms with Crippen LogP contribution >= 0.6 is 11.3 Å². The average Bonchev–Trinajstić information content (AvgIpc) is 3.13. The number of aromatic nitrogens is 2. The number of nitrogens with zero attached hydrogens (tertiary/aromatic N) is 3. The third kappa shape index (κ3) is 4.79. The van der Waals surface area contributed by atoms with Crippen molar-refractivity contribution in [3.63, 3.8) is 0 Å². The molecule has 1 amide bonds. The number of aryl methyl sites for hydroxylation is 1. The van der Waals surface area contributed by atoms with Crippen molar-refractivity contribution in [3.8, 4) is 0 Å². The van der Waals surface area contributed by atoms with Gasteiger partial charge in [-0.25, -0.2) is 14.4 Å². The summed E-state index contributed by atoms with van der Waals surface area (Å²) in [6, 6.07) is 12.2. The minimum absolute atomic E-state index is 0.156. The van der Waals surface area contributed by atoms with E-state index >= 15 is 0 Å². The van der Waals surface area contributed by atoms with Crippen LogP contribution in [0.15, 0.2) is 48.7 Å². The second-order valence-corrected chi connectivity index (χ2v) is 8.57. The molecule has 1 aromatic carbocycles. The first kappa shape index (κ1) is 19.5. The van der Waals surface area contributed by atoms with Crippen LogP contribution in [-0.4, -0.2) is 33.9 Å². The van der Waals surface area contributed by atoms with Gasteiger partial charge in [-0.05, 0) is 56.4 Å². The summed E-state index contributed by atoms with van der Waals surface area (Å²) in [7, 11) is 0. The number of hydrogen-bond donors (Lipinski definition) is 1. The average molecular weight is 411 g/mol. The summed E-state index contributed by atoms with van der Waals surface area (Å²) in [5.74, 6) is 0.585. The van der Waals surface area contributed by atoms with Crippen LogP contribution in [-0.2, 0) is 6.42 Å². The molecular weight excluding hydrogens is 387 g/mol. The van der Waals surface area contributed by atoms with Gasteiger partial charge < -0.3 is 10.2 Å². The van der Waals surface area contributed by atoms with Gasteiger partial charge >= 0.3 is 0 Å². The van der Waals surface area contributed by atoms with Crippen molar-refractivity contribution in [2.45, 2.75) is 26.2 Å². The Balaban J connectivity index is 1.33. The van der Waals surface area contributed by atoms with Crippen LogP contribution in [0.1, 0.15) is 33.8 Å². The first-order valence-electron chi connectivity index (χ1n) is 9.77. The number of benzene rings is 1. The number of carbonyl (C=O) groups is 1. The Hall–Kier alpha value is -2.80. The van der Waals surface area contributed by atoms with Gasteiger partial charge in [0.1, 0.15) is 11.6 Å². The van der Waals surface area contributed by atoms with E-state index in [1.165, 1.54) is 6.07 Å². The predicted molar refractivity (Wildman–Crippen MR) is 113 cm³/mol. The quantitative estimate of drug-likeness (QED) is 0.655. The van der Waals surface area contributed by atoms with Crippen molar-refractivity contribution in [1.82, 2.24) is 14.9 Å². The van der Waals surface area contributed by atoms with Crippen LogP contribution in [0.3, 0.4) is 0 Å². The maximum absolute atomic E-state index is 13.9. The molecule has 2 aromatic heterocycles. The number of anilines is 2. The zero-order chi connectivity index (χ0) is 20.2. The molecule has 7 heteroatoms. The van der Waals surface area contributed by atoms with Gasteiger partial charge in [-0.15, -0.1) is 11.3 Å². The highest BCUT2D eigenvalue weighted by Gasteiger charge is 2.25. The summed E-state index contributed by atoms with van der Waals surface area (Å²) in [4.78, 5) is 24.5. The molecule has 3 aromatic rings.